The summed E-state index contributed by atoms with van der Waals surface area (Å²) in [6, 6.07) is 16.7. The van der Waals surface area contributed by atoms with Gasteiger partial charge in [-0.15, -0.1) is 0 Å². The Kier molecular flexibility index (Phi) is 4.43. The standard InChI is InChI=1S/C19H16N2O3/c1-23-19(22)15-8-7-14(18-9-10-24-21-18)12-16(15)17(20)11-13-5-3-2-4-6-13/h2-12H,20H2,1H3. The summed E-state index contributed by atoms with van der Waals surface area (Å²) in [5.41, 5.74) is 10.1. The van der Waals surface area contributed by atoms with Crippen LogP contribution in [0.15, 0.2) is 65.4 Å². The Balaban J connectivity index is 2.10. The molecule has 0 aliphatic rings. The van der Waals surface area contributed by atoms with Crippen molar-refractivity contribution in [1.29, 1.82) is 0 Å². The van der Waals surface area contributed by atoms with Crippen molar-refractivity contribution in [2.24, 2.45) is 5.73 Å². The van der Waals surface area contributed by atoms with Crippen LogP contribution in [0.5, 0.6) is 0 Å². The van der Waals surface area contributed by atoms with Gasteiger partial charge in [0.1, 0.15) is 12.0 Å². The highest BCUT2D eigenvalue weighted by Gasteiger charge is 2.15. The van der Waals surface area contributed by atoms with Crippen LogP contribution in [-0.4, -0.2) is 18.2 Å². The fourth-order valence-corrected chi connectivity index (χ4v) is 2.40. The van der Waals surface area contributed by atoms with Gasteiger partial charge in [0.05, 0.1) is 12.7 Å². The van der Waals surface area contributed by atoms with E-state index in [-0.39, 0.29) is 0 Å². The number of nitrogens with two attached hydrogens (primary N) is 1. The molecule has 5 heteroatoms. The Bertz CT molecular complexity index is 869. The van der Waals surface area contributed by atoms with E-state index in [0.717, 1.165) is 11.1 Å². The summed E-state index contributed by atoms with van der Waals surface area (Å²) < 4.78 is 9.73. The van der Waals surface area contributed by atoms with E-state index in [1.54, 1.807) is 24.3 Å². The molecule has 0 atom stereocenters. The maximum Gasteiger partial charge on any atom is 0.338 e. The molecular formula is C19H16N2O3. The van der Waals surface area contributed by atoms with Crippen LogP contribution in [0.2, 0.25) is 0 Å². The Morgan fingerprint density at radius 1 is 1.12 bits per heavy atom. The first-order valence-electron chi connectivity index (χ1n) is 7.35. The number of carbonyl (C=O) groups is 1. The summed E-state index contributed by atoms with van der Waals surface area (Å²) in [5, 5.41) is 3.91. The van der Waals surface area contributed by atoms with Gasteiger partial charge >= 0.3 is 5.97 Å². The first-order chi connectivity index (χ1) is 11.7. The molecule has 3 rings (SSSR count). The molecule has 0 spiro atoms. The molecule has 0 aliphatic heterocycles. The average Bonchev–Trinajstić information content (AvgIpc) is 3.16. The summed E-state index contributed by atoms with van der Waals surface area (Å²) in [7, 11) is 1.34. The van der Waals surface area contributed by atoms with Gasteiger partial charge in [-0.2, -0.15) is 0 Å². The minimum Gasteiger partial charge on any atom is -0.465 e. The van der Waals surface area contributed by atoms with E-state index in [2.05, 4.69) is 5.16 Å². The number of aromatic nitrogens is 1. The van der Waals surface area contributed by atoms with E-state index in [4.69, 9.17) is 15.0 Å². The lowest BCUT2D eigenvalue weighted by atomic mass is 9.98. The Morgan fingerprint density at radius 3 is 2.58 bits per heavy atom. The van der Waals surface area contributed by atoms with Crippen LogP contribution >= 0.6 is 0 Å². The number of esters is 1. The molecule has 1 heterocycles. The molecule has 0 fully saturated rings. The van der Waals surface area contributed by atoms with Gasteiger partial charge in [-0.05, 0) is 23.8 Å². The third-order valence-corrected chi connectivity index (χ3v) is 3.59. The van der Waals surface area contributed by atoms with Crippen molar-refractivity contribution in [2.75, 3.05) is 7.11 Å². The van der Waals surface area contributed by atoms with Gasteiger partial charge in [-0.25, -0.2) is 4.79 Å². The number of hydrogen-bond donors (Lipinski definition) is 1. The molecule has 5 nitrogen and oxygen atoms in total. The molecule has 0 saturated carbocycles. The molecule has 0 radical (unpaired) electrons. The maximum atomic E-state index is 12.0. The van der Waals surface area contributed by atoms with Gasteiger partial charge in [0.15, 0.2) is 0 Å². The molecule has 2 N–H and O–H groups in total. The van der Waals surface area contributed by atoms with Crippen molar-refractivity contribution < 1.29 is 14.1 Å². The molecule has 1 aromatic heterocycles. The van der Waals surface area contributed by atoms with E-state index in [1.807, 2.05) is 36.4 Å². The van der Waals surface area contributed by atoms with Gasteiger partial charge in [-0.3, -0.25) is 0 Å². The van der Waals surface area contributed by atoms with Crippen LogP contribution in [-0.2, 0) is 4.74 Å². The van der Waals surface area contributed by atoms with E-state index >= 15 is 0 Å². The van der Waals surface area contributed by atoms with Crippen molar-refractivity contribution in [2.45, 2.75) is 0 Å². The zero-order valence-corrected chi connectivity index (χ0v) is 13.1. The Morgan fingerprint density at radius 2 is 1.92 bits per heavy atom. The van der Waals surface area contributed by atoms with Crippen LogP contribution in [0.3, 0.4) is 0 Å². The second-order valence-corrected chi connectivity index (χ2v) is 5.15. The summed E-state index contributed by atoms with van der Waals surface area (Å²) in [5.74, 6) is -0.443. The summed E-state index contributed by atoms with van der Waals surface area (Å²) in [4.78, 5) is 12.0. The van der Waals surface area contributed by atoms with Crippen LogP contribution in [0.4, 0.5) is 0 Å². The second-order valence-electron chi connectivity index (χ2n) is 5.15. The second kappa shape index (κ2) is 6.83. The molecule has 3 aromatic rings. The lowest BCUT2D eigenvalue weighted by Crippen LogP contribution is -2.08. The largest absolute Gasteiger partial charge is 0.465 e. The maximum absolute atomic E-state index is 12.0. The molecule has 0 amide bonds. The van der Waals surface area contributed by atoms with Gasteiger partial charge < -0.3 is 15.0 Å². The number of carbonyl (C=O) groups excluding carboxylic acids is 1. The van der Waals surface area contributed by atoms with Gasteiger partial charge in [0.2, 0.25) is 0 Å². The van der Waals surface area contributed by atoms with Crippen LogP contribution < -0.4 is 5.73 Å². The van der Waals surface area contributed by atoms with Crippen molar-refractivity contribution in [3.63, 3.8) is 0 Å². The molecular weight excluding hydrogens is 304 g/mol. The van der Waals surface area contributed by atoms with Crippen molar-refractivity contribution in [1.82, 2.24) is 5.16 Å². The summed E-state index contributed by atoms with van der Waals surface area (Å²) in [6.07, 6.45) is 3.31. The van der Waals surface area contributed by atoms with Crippen molar-refractivity contribution >= 4 is 17.7 Å². The number of rotatable bonds is 4. The minimum atomic E-state index is -0.443. The normalized spacial score (nSPS) is 11.3. The van der Waals surface area contributed by atoms with Crippen molar-refractivity contribution in [3.8, 4) is 11.3 Å². The van der Waals surface area contributed by atoms with Crippen LogP contribution in [0, 0.1) is 0 Å². The van der Waals surface area contributed by atoms with Crippen molar-refractivity contribution in [3.05, 3.63) is 77.6 Å². The number of ether oxygens (including phenoxy) is 1. The average molecular weight is 320 g/mol. The quantitative estimate of drug-likeness (QED) is 0.587. The highest BCUT2D eigenvalue weighted by atomic mass is 16.5. The minimum absolute atomic E-state index is 0.398. The van der Waals surface area contributed by atoms with E-state index in [0.29, 0.717) is 22.5 Å². The highest BCUT2D eigenvalue weighted by Crippen LogP contribution is 2.26. The number of methoxy groups -OCH3 is 1. The summed E-state index contributed by atoms with van der Waals surface area (Å²) in [6.45, 7) is 0. The van der Waals surface area contributed by atoms with Gasteiger partial charge in [-0.1, -0.05) is 41.6 Å². The number of nitrogens with zero attached hydrogens (tertiary/aromatic N) is 1. The first-order valence-corrected chi connectivity index (χ1v) is 7.35. The zero-order chi connectivity index (χ0) is 16.9. The molecule has 0 saturated heterocycles. The van der Waals surface area contributed by atoms with Gasteiger partial charge in [0, 0.05) is 22.9 Å². The molecule has 0 bridgehead atoms. The molecule has 0 unspecified atom stereocenters. The van der Waals surface area contributed by atoms with Crippen LogP contribution in [0.25, 0.3) is 23.0 Å². The van der Waals surface area contributed by atoms with Crippen LogP contribution in [0.1, 0.15) is 21.5 Å². The third-order valence-electron chi connectivity index (χ3n) is 3.59. The number of benzene rings is 2. The highest BCUT2D eigenvalue weighted by molar-refractivity contribution is 5.98. The predicted octanol–water partition coefficient (Wildman–Crippen LogP) is 3.59. The third kappa shape index (κ3) is 3.20. The van der Waals surface area contributed by atoms with Gasteiger partial charge in [0.25, 0.3) is 0 Å². The Labute approximate surface area is 139 Å². The van der Waals surface area contributed by atoms with E-state index in [1.165, 1.54) is 13.4 Å². The Hall–Kier alpha value is -3.34. The lowest BCUT2D eigenvalue weighted by Gasteiger charge is -2.10. The monoisotopic (exact) mass is 320 g/mol. The fraction of sp³-hybridized carbons (Fsp3) is 0.0526. The zero-order valence-electron chi connectivity index (χ0n) is 13.1. The molecule has 24 heavy (non-hydrogen) atoms. The fourth-order valence-electron chi connectivity index (χ4n) is 2.40. The molecule has 120 valence electrons. The van der Waals surface area contributed by atoms with E-state index < -0.39 is 5.97 Å². The molecule has 0 aliphatic carbocycles. The smallest absolute Gasteiger partial charge is 0.338 e. The van der Waals surface area contributed by atoms with E-state index in [9.17, 15) is 4.79 Å². The predicted molar refractivity (Wildman–Crippen MR) is 91.8 cm³/mol. The topological polar surface area (TPSA) is 78.3 Å². The lowest BCUT2D eigenvalue weighted by molar-refractivity contribution is 0.0600. The SMILES string of the molecule is COC(=O)c1ccc(-c2ccon2)cc1C(N)=Cc1ccccc1. The first kappa shape index (κ1) is 15.6. The molecule has 2 aromatic carbocycles. The number of hydrogen-bond acceptors (Lipinski definition) is 5. The summed E-state index contributed by atoms with van der Waals surface area (Å²) >= 11 is 0.